The summed E-state index contributed by atoms with van der Waals surface area (Å²) in [6, 6.07) is 8.46. The maximum atomic E-state index is 4.80. The van der Waals surface area contributed by atoms with Crippen LogP contribution >= 0.6 is 0 Å². The summed E-state index contributed by atoms with van der Waals surface area (Å²) in [5, 5.41) is 3.63. The highest BCUT2D eigenvalue weighted by Gasteiger charge is 2.39. The van der Waals surface area contributed by atoms with E-state index in [2.05, 4.69) is 48.0 Å². The van der Waals surface area contributed by atoms with Crippen molar-refractivity contribution in [3.05, 3.63) is 30.1 Å². The molecule has 1 heterocycles. The van der Waals surface area contributed by atoms with Crippen LogP contribution in [-0.2, 0) is 13.1 Å². The van der Waals surface area contributed by atoms with Gasteiger partial charge < -0.3 is 9.88 Å². The Kier molecular flexibility index (Phi) is 3.79. The molecule has 1 N–H and O–H groups in total. The molecule has 1 saturated carbocycles. The molecule has 1 aliphatic carbocycles. The molecule has 0 bridgehead atoms. The van der Waals surface area contributed by atoms with E-state index in [4.69, 9.17) is 4.98 Å². The van der Waals surface area contributed by atoms with Gasteiger partial charge in [0.2, 0.25) is 0 Å². The van der Waals surface area contributed by atoms with Crippen molar-refractivity contribution in [2.24, 2.45) is 5.41 Å². The number of rotatable bonds is 7. The summed E-state index contributed by atoms with van der Waals surface area (Å²) in [5.41, 5.74) is 2.99. The van der Waals surface area contributed by atoms with E-state index in [1.54, 1.807) is 0 Å². The van der Waals surface area contributed by atoms with E-state index < -0.39 is 0 Å². The molecule has 0 unspecified atom stereocenters. The van der Waals surface area contributed by atoms with Gasteiger partial charge in [-0.15, -0.1) is 0 Å². The van der Waals surface area contributed by atoms with Crippen molar-refractivity contribution in [3.8, 4) is 0 Å². The number of benzene rings is 1. The lowest BCUT2D eigenvalue weighted by atomic mass is 10.0. The second-order valence-electron chi connectivity index (χ2n) is 6.13. The zero-order valence-electron chi connectivity index (χ0n) is 12.7. The van der Waals surface area contributed by atoms with Gasteiger partial charge in [0.15, 0.2) is 0 Å². The van der Waals surface area contributed by atoms with Crippen molar-refractivity contribution in [2.45, 2.75) is 52.6 Å². The van der Waals surface area contributed by atoms with E-state index in [9.17, 15) is 0 Å². The van der Waals surface area contributed by atoms with Gasteiger partial charge in [-0.05, 0) is 43.2 Å². The Balaban J connectivity index is 1.74. The summed E-state index contributed by atoms with van der Waals surface area (Å²) in [5.74, 6) is 1.18. The summed E-state index contributed by atoms with van der Waals surface area (Å²) in [4.78, 5) is 4.80. The Morgan fingerprint density at radius 1 is 1.25 bits per heavy atom. The largest absolute Gasteiger partial charge is 0.327 e. The first kappa shape index (κ1) is 13.6. The quantitative estimate of drug-likeness (QED) is 0.831. The zero-order chi connectivity index (χ0) is 14.0. The van der Waals surface area contributed by atoms with Crippen LogP contribution in [-0.4, -0.2) is 16.1 Å². The van der Waals surface area contributed by atoms with Crippen LogP contribution in [0.3, 0.4) is 0 Å². The average Bonchev–Trinajstić information content (AvgIpc) is 3.17. The summed E-state index contributed by atoms with van der Waals surface area (Å²) >= 11 is 0. The van der Waals surface area contributed by atoms with Gasteiger partial charge >= 0.3 is 0 Å². The number of fused-ring (bicyclic) bond motifs is 1. The summed E-state index contributed by atoms with van der Waals surface area (Å²) in [6.45, 7) is 7.61. The number of para-hydroxylation sites is 2. The highest BCUT2D eigenvalue weighted by molar-refractivity contribution is 5.75. The number of hydrogen-bond donors (Lipinski definition) is 1. The van der Waals surface area contributed by atoms with Crippen LogP contribution in [0.5, 0.6) is 0 Å². The van der Waals surface area contributed by atoms with Crippen LogP contribution in [0.2, 0.25) is 0 Å². The fourth-order valence-electron chi connectivity index (χ4n) is 3.01. The normalized spacial score (nSPS) is 16.7. The molecule has 0 saturated heterocycles. The molecule has 1 aromatic carbocycles. The smallest absolute Gasteiger partial charge is 0.123 e. The van der Waals surface area contributed by atoms with Crippen molar-refractivity contribution in [1.82, 2.24) is 14.9 Å². The fourth-order valence-corrected chi connectivity index (χ4v) is 3.01. The van der Waals surface area contributed by atoms with Crippen molar-refractivity contribution in [2.75, 3.05) is 6.54 Å². The highest BCUT2D eigenvalue weighted by atomic mass is 15.1. The molecule has 2 aromatic rings. The molecular formula is C17H25N3. The maximum Gasteiger partial charge on any atom is 0.123 e. The number of aryl methyl sites for hydroxylation is 1. The van der Waals surface area contributed by atoms with Crippen LogP contribution in [0.4, 0.5) is 0 Å². The highest BCUT2D eigenvalue weighted by Crippen LogP contribution is 2.47. The molecule has 1 aliphatic rings. The van der Waals surface area contributed by atoms with Gasteiger partial charge in [-0.2, -0.15) is 0 Å². The van der Waals surface area contributed by atoms with Gasteiger partial charge in [-0.3, -0.25) is 0 Å². The standard InChI is InChI=1S/C17H25N3/c1-3-11-20-15-8-6-5-7-14(15)19-16(20)12-18-13-17(4-2)9-10-17/h5-8,18H,3-4,9-13H2,1-2H3. The summed E-state index contributed by atoms with van der Waals surface area (Å²) < 4.78 is 2.37. The van der Waals surface area contributed by atoms with E-state index in [0.717, 1.165) is 31.6 Å². The number of nitrogens with zero attached hydrogens (tertiary/aromatic N) is 2. The zero-order valence-corrected chi connectivity index (χ0v) is 12.7. The van der Waals surface area contributed by atoms with Crippen molar-refractivity contribution < 1.29 is 0 Å². The Morgan fingerprint density at radius 3 is 2.75 bits per heavy atom. The van der Waals surface area contributed by atoms with Crippen LogP contribution in [0, 0.1) is 5.41 Å². The first-order valence-electron chi connectivity index (χ1n) is 7.93. The molecule has 0 atom stereocenters. The molecular weight excluding hydrogens is 246 g/mol. The van der Waals surface area contributed by atoms with E-state index in [1.807, 2.05) is 0 Å². The van der Waals surface area contributed by atoms with E-state index >= 15 is 0 Å². The van der Waals surface area contributed by atoms with Crippen LogP contribution in [0.15, 0.2) is 24.3 Å². The lowest BCUT2D eigenvalue weighted by molar-refractivity contribution is 0.436. The van der Waals surface area contributed by atoms with Gasteiger partial charge in [0.05, 0.1) is 17.6 Å². The third-order valence-electron chi connectivity index (χ3n) is 4.67. The Morgan fingerprint density at radius 2 is 2.05 bits per heavy atom. The molecule has 3 rings (SSSR count). The fraction of sp³-hybridized carbons (Fsp3) is 0.588. The van der Waals surface area contributed by atoms with Crippen molar-refractivity contribution in [3.63, 3.8) is 0 Å². The molecule has 108 valence electrons. The molecule has 0 amide bonds. The Bertz CT molecular complexity index is 581. The average molecular weight is 271 g/mol. The number of aromatic nitrogens is 2. The second kappa shape index (κ2) is 5.57. The lowest BCUT2D eigenvalue weighted by Gasteiger charge is -2.14. The number of hydrogen-bond acceptors (Lipinski definition) is 2. The molecule has 3 heteroatoms. The van der Waals surface area contributed by atoms with Gasteiger partial charge in [0.1, 0.15) is 5.82 Å². The lowest BCUT2D eigenvalue weighted by Crippen LogP contribution is -2.24. The molecule has 3 nitrogen and oxygen atoms in total. The minimum Gasteiger partial charge on any atom is -0.327 e. The SMILES string of the molecule is CCCn1c(CNCC2(CC)CC2)nc2ccccc21. The van der Waals surface area contributed by atoms with Gasteiger partial charge in [-0.25, -0.2) is 4.98 Å². The predicted octanol–water partition coefficient (Wildman–Crippen LogP) is 3.73. The number of imidazole rings is 1. The second-order valence-corrected chi connectivity index (χ2v) is 6.13. The summed E-state index contributed by atoms with van der Waals surface area (Å²) in [6.07, 6.45) is 5.22. The third-order valence-corrected chi connectivity index (χ3v) is 4.67. The van der Waals surface area contributed by atoms with E-state index in [0.29, 0.717) is 5.41 Å². The van der Waals surface area contributed by atoms with Gasteiger partial charge in [0.25, 0.3) is 0 Å². The topological polar surface area (TPSA) is 29.9 Å². The van der Waals surface area contributed by atoms with Crippen molar-refractivity contribution in [1.29, 1.82) is 0 Å². The van der Waals surface area contributed by atoms with Crippen LogP contribution in [0.25, 0.3) is 11.0 Å². The van der Waals surface area contributed by atoms with Crippen LogP contribution in [0.1, 0.15) is 45.4 Å². The minimum absolute atomic E-state index is 0.599. The molecule has 1 fully saturated rings. The molecule has 0 aliphatic heterocycles. The van der Waals surface area contributed by atoms with Gasteiger partial charge in [-0.1, -0.05) is 26.0 Å². The Labute approximate surface area is 121 Å². The van der Waals surface area contributed by atoms with Gasteiger partial charge in [0, 0.05) is 13.1 Å². The van der Waals surface area contributed by atoms with Crippen molar-refractivity contribution >= 4 is 11.0 Å². The van der Waals surface area contributed by atoms with Crippen LogP contribution < -0.4 is 5.32 Å². The number of nitrogens with one attached hydrogen (secondary N) is 1. The van der Waals surface area contributed by atoms with E-state index in [1.165, 1.54) is 30.6 Å². The molecule has 0 radical (unpaired) electrons. The third kappa shape index (κ3) is 2.59. The molecule has 0 spiro atoms. The molecule has 1 aromatic heterocycles. The van der Waals surface area contributed by atoms with E-state index in [-0.39, 0.29) is 0 Å². The Hall–Kier alpha value is -1.35. The monoisotopic (exact) mass is 271 g/mol. The first-order valence-corrected chi connectivity index (χ1v) is 7.93. The predicted molar refractivity (Wildman–Crippen MR) is 83.7 cm³/mol. The maximum absolute atomic E-state index is 4.80. The summed E-state index contributed by atoms with van der Waals surface area (Å²) in [7, 11) is 0. The minimum atomic E-state index is 0.599. The molecule has 20 heavy (non-hydrogen) atoms. The first-order chi connectivity index (χ1) is 9.78.